The summed E-state index contributed by atoms with van der Waals surface area (Å²) in [6, 6.07) is 5.59. The molecule has 0 aromatic carbocycles. The van der Waals surface area contributed by atoms with Crippen LogP contribution < -0.4 is 5.32 Å². The van der Waals surface area contributed by atoms with E-state index in [2.05, 4.69) is 10.3 Å². The molecule has 6 nitrogen and oxygen atoms in total. The molecule has 2 aliphatic rings. The Labute approximate surface area is 152 Å². The van der Waals surface area contributed by atoms with Crippen LogP contribution >= 0.6 is 0 Å². The van der Waals surface area contributed by atoms with Crippen LogP contribution in [-0.4, -0.2) is 34.8 Å². The van der Waals surface area contributed by atoms with E-state index in [1.54, 1.807) is 18.5 Å². The number of nitrogens with zero attached hydrogens (tertiary/aromatic N) is 2. The molecule has 1 N–H and O–H groups in total. The summed E-state index contributed by atoms with van der Waals surface area (Å²) >= 11 is 0. The quantitative estimate of drug-likeness (QED) is 0.916. The molecule has 26 heavy (non-hydrogen) atoms. The zero-order chi connectivity index (χ0) is 18.3. The minimum Gasteiger partial charge on any atom is -0.466 e. The molecule has 6 heteroatoms. The van der Waals surface area contributed by atoms with Crippen LogP contribution in [0, 0.1) is 25.2 Å². The van der Waals surface area contributed by atoms with Crippen LogP contribution in [0.15, 0.2) is 35.0 Å². The largest absolute Gasteiger partial charge is 0.466 e. The van der Waals surface area contributed by atoms with Gasteiger partial charge in [0.1, 0.15) is 11.5 Å². The first kappa shape index (κ1) is 16.8. The lowest BCUT2D eigenvalue weighted by atomic mass is 10.0. The summed E-state index contributed by atoms with van der Waals surface area (Å²) < 4.78 is 5.48. The molecule has 3 heterocycles. The molecular formula is C20H23N3O3. The maximum Gasteiger partial charge on any atom is 0.257 e. The van der Waals surface area contributed by atoms with Crippen molar-refractivity contribution in [3.05, 3.63) is 53.2 Å². The van der Waals surface area contributed by atoms with Gasteiger partial charge in [0.05, 0.1) is 5.56 Å². The Kier molecular flexibility index (Phi) is 4.05. The van der Waals surface area contributed by atoms with Crippen molar-refractivity contribution in [2.24, 2.45) is 11.3 Å². The lowest BCUT2D eigenvalue weighted by Gasteiger charge is -2.16. The molecule has 136 valence electrons. The van der Waals surface area contributed by atoms with E-state index in [1.165, 1.54) is 0 Å². The number of nitrogens with one attached hydrogen (secondary N) is 1. The number of carbonyl (C=O) groups excluding carboxylic acids is 2. The van der Waals surface area contributed by atoms with Crippen LogP contribution in [0.25, 0.3) is 0 Å². The third-order valence-corrected chi connectivity index (χ3v) is 5.67. The number of rotatable bonds is 4. The highest BCUT2D eigenvalue weighted by Crippen LogP contribution is 2.58. The summed E-state index contributed by atoms with van der Waals surface area (Å²) in [6.07, 6.45) is 5.20. The van der Waals surface area contributed by atoms with Crippen LogP contribution in [-0.2, 0) is 11.3 Å². The second kappa shape index (κ2) is 6.27. The van der Waals surface area contributed by atoms with Gasteiger partial charge in [0, 0.05) is 43.4 Å². The highest BCUT2D eigenvalue weighted by atomic mass is 16.3. The van der Waals surface area contributed by atoms with E-state index in [4.69, 9.17) is 4.42 Å². The highest BCUT2D eigenvalue weighted by molar-refractivity contribution is 5.95. The van der Waals surface area contributed by atoms with Crippen LogP contribution in [0.3, 0.4) is 0 Å². The number of hydrogen-bond acceptors (Lipinski definition) is 4. The molecule has 0 bridgehead atoms. The maximum atomic E-state index is 12.7. The number of hydrogen-bond donors (Lipinski definition) is 1. The molecule has 2 amide bonds. The number of carbonyl (C=O) groups is 2. The fraction of sp³-hybridized carbons (Fsp3) is 0.450. The molecule has 2 aromatic heterocycles. The van der Waals surface area contributed by atoms with Crippen LogP contribution in [0.1, 0.15) is 40.3 Å². The van der Waals surface area contributed by atoms with Crippen molar-refractivity contribution < 1.29 is 14.0 Å². The van der Waals surface area contributed by atoms with Crippen molar-refractivity contribution >= 4 is 11.8 Å². The zero-order valence-corrected chi connectivity index (χ0v) is 15.1. The number of aromatic nitrogens is 1. The van der Waals surface area contributed by atoms with E-state index < -0.39 is 0 Å². The van der Waals surface area contributed by atoms with Gasteiger partial charge in [-0.2, -0.15) is 0 Å². The molecule has 2 unspecified atom stereocenters. The van der Waals surface area contributed by atoms with Crippen LogP contribution in [0.2, 0.25) is 0 Å². The third kappa shape index (κ3) is 3.00. The van der Waals surface area contributed by atoms with Gasteiger partial charge < -0.3 is 14.6 Å². The fourth-order valence-electron chi connectivity index (χ4n) is 4.07. The molecule has 2 atom stereocenters. The fourth-order valence-corrected chi connectivity index (χ4v) is 4.07. The third-order valence-electron chi connectivity index (χ3n) is 5.67. The first-order chi connectivity index (χ1) is 12.5. The Hall–Kier alpha value is -2.63. The monoisotopic (exact) mass is 353 g/mol. The zero-order valence-electron chi connectivity index (χ0n) is 15.1. The number of likely N-dealkylation sites (tertiary alicyclic amines) is 1. The molecule has 1 saturated heterocycles. The summed E-state index contributed by atoms with van der Waals surface area (Å²) in [5, 5.41) is 3.02. The van der Waals surface area contributed by atoms with Crippen molar-refractivity contribution in [3.63, 3.8) is 0 Å². The number of aryl methyl sites for hydroxylation is 2. The normalized spacial score (nSPS) is 24.1. The van der Waals surface area contributed by atoms with Crippen LogP contribution in [0.4, 0.5) is 0 Å². The van der Waals surface area contributed by atoms with Crippen molar-refractivity contribution in [1.82, 2.24) is 15.2 Å². The Morgan fingerprint density at radius 3 is 2.81 bits per heavy atom. The van der Waals surface area contributed by atoms with E-state index in [0.717, 1.165) is 24.2 Å². The number of amides is 2. The van der Waals surface area contributed by atoms with E-state index in [1.807, 2.05) is 30.9 Å². The van der Waals surface area contributed by atoms with Gasteiger partial charge >= 0.3 is 0 Å². The van der Waals surface area contributed by atoms with Crippen molar-refractivity contribution in [2.45, 2.75) is 33.2 Å². The first-order valence-electron chi connectivity index (χ1n) is 9.01. The van der Waals surface area contributed by atoms with Gasteiger partial charge in [0.2, 0.25) is 5.91 Å². The number of pyridine rings is 1. The van der Waals surface area contributed by atoms with Gasteiger partial charge in [-0.1, -0.05) is 0 Å². The molecule has 1 spiro atoms. The van der Waals surface area contributed by atoms with Crippen molar-refractivity contribution in [3.8, 4) is 0 Å². The second-order valence-electron chi connectivity index (χ2n) is 7.50. The first-order valence-corrected chi connectivity index (χ1v) is 9.01. The van der Waals surface area contributed by atoms with E-state index in [9.17, 15) is 9.59 Å². The van der Waals surface area contributed by atoms with Gasteiger partial charge in [-0.25, -0.2) is 0 Å². The summed E-state index contributed by atoms with van der Waals surface area (Å²) in [4.78, 5) is 31.1. The molecule has 4 rings (SSSR count). The minimum absolute atomic E-state index is 0.00863. The van der Waals surface area contributed by atoms with Crippen LogP contribution in [0.5, 0.6) is 0 Å². The van der Waals surface area contributed by atoms with E-state index in [0.29, 0.717) is 31.0 Å². The average Bonchev–Trinajstić information content (AvgIpc) is 2.98. The molecular weight excluding hydrogens is 330 g/mol. The van der Waals surface area contributed by atoms with Gasteiger partial charge in [-0.3, -0.25) is 14.6 Å². The summed E-state index contributed by atoms with van der Waals surface area (Å²) in [5.41, 5.74) is 1.64. The standard InChI is InChI=1S/C20H23N3O3/c1-13-9-16(14(2)26-13)19(25)23-8-5-20(12-23)10-17(20)18(24)22-11-15-3-6-21-7-4-15/h3-4,6-7,9,17H,5,8,10-12H2,1-2H3,(H,22,24). The van der Waals surface area contributed by atoms with E-state index in [-0.39, 0.29) is 23.1 Å². The van der Waals surface area contributed by atoms with Gasteiger partial charge in [-0.15, -0.1) is 0 Å². The lowest BCUT2D eigenvalue weighted by molar-refractivity contribution is -0.123. The Morgan fingerprint density at radius 2 is 2.12 bits per heavy atom. The Balaban J connectivity index is 1.35. The van der Waals surface area contributed by atoms with Gasteiger partial charge in [-0.05, 0) is 50.5 Å². The second-order valence-corrected chi connectivity index (χ2v) is 7.50. The summed E-state index contributed by atoms with van der Waals surface area (Å²) in [5.74, 6) is 1.52. The SMILES string of the molecule is Cc1cc(C(=O)N2CCC3(CC3C(=O)NCc3ccncc3)C2)c(C)o1. The molecule has 2 aromatic rings. The molecule has 2 fully saturated rings. The minimum atomic E-state index is -0.0370. The Morgan fingerprint density at radius 1 is 1.35 bits per heavy atom. The van der Waals surface area contributed by atoms with Crippen molar-refractivity contribution in [2.75, 3.05) is 13.1 Å². The molecule has 0 radical (unpaired) electrons. The maximum absolute atomic E-state index is 12.7. The predicted octanol–water partition coefficient (Wildman–Crippen LogP) is 2.46. The topological polar surface area (TPSA) is 75.4 Å². The summed E-state index contributed by atoms with van der Waals surface area (Å²) in [6.45, 7) is 5.54. The Bertz CT molecular complexity index is 845. The molecule has 1 aliphatic heterocycles. The number of furan rings is 1. The van der Waals surface area contributed by atoms with Gasteiger partial charge in [0.15, 0.2) is 0 Å². The molecule has 1 aliphatic carbocycles. The smallest absolute Gasteiger partial charge is 0.257 e. The van der Waals surface area contributed by atoms with Gasteiger partial charge in [0.25, 0.3) is 5.91 Å². The average molecular weight is 353 g/mol. The molecule has 1 saturated carbocycles. The predicted molar refractivity (Wildman–Crippen MR) is 95.3 cm³/mol. The van der Waals surface area contributed by atoms with E-state index >= 15 is 0 Å². The highest BCUT2D eigenvalue weighted by Gasteiger charge is 2.61. The summed E-state index contributed by atoms with van der Waals surface area (Å²) in [7, 11) is 0. The van der Waals surface area contributed by atoms with Crippen molar-refractivity contribution in [1.29, 1.82) is 0 Å². The lowest BCUT2D eigenvalue weighted by Crippen LogP contribution is -2.31.